The monoisotopic (exact) mass is 482 g/mol. The Balaban J connectivity index is 1.47. The topological polar surface area (TPSA) is 60.9 Å². The molecule has 1 unspecified atom stereocenters. The molecule has 4 rings (SSSR count). The Morgan fingerprint density at radius 2 is 1.62 bits per heavy atom. The van der Waals surface area contributed by atoms with Crippen LogP contribution in [-0.4, -0.2) is 58.4 Å². The van der Waals surface area contributed by atoms with Crippen molar-refractivity contribution >= 4 is 35.1 Å². The number of carboxylic acids is 1. The Bertz CT molecular complexity index is 1010. The number of rotatable bonds is 5. The van der Waals surface area contributed by atoms with Crippen LogP contribution in [0.5, 0.6) is 0 Å². The first-order valence-electron chi connectivity index (χ1n) is 10.4. The molecule has 0 spiro atoms. The van der Waals surface area contributed by atoms with Crippen molar-refractivity contribution in [1.82, 2.24) is 9.80 Å². The lowest BCUT2D eigenvalue weighted by Gasteiger charge is -2.34. The summed E-state index contributed by atoms with van der Waals surface area (Å²) in [6.45, 7) is 1.19. The van der Waals surface area contributed by atoms with Crippen LogP contribution < -0.4 is 0 Å². The van der Waals surface area contributed by atoms with E-state index < -0.39 is 11.9 Å². The highest BCUT2D eigenvalue weighted by Crippen LogP contribution is 2.35. The molecule has 1 atom stereocenters. The summed E-state index contributed by atoms with van der Waals surface area (Å²) in [5, 5.41) is 9.85. The van der Waals surface area contributed by atoms with Gasteiger partial charge in [0, 0.05) is 54.6 Å². The van der Waals surface area contributed by atoms with Gasteiger partial charge >= 0.3 is 5.97 Å². The predicted octanol–water partition coefficient (Wildman–Crippen LogP) is 5.19. The van der Waals surface area contributed by atoms with Crippen molar-refractivity contribution in [2.24, 2.45) is 0 Å². The van der Waals surface area contributed by atoms with Crippen LogP contribution in [0.2, 0.25) is 10.0 Å². The minimum absolute atomic E-state index is 0.0873. The highest BCUT2D eigenvalue weighted by atomic mass is 35.5. The van der Waals surface area contributed by atoms with Crippen LogP contribution in [0.3, 0.4) is 0 Å². The molecule has 2 aliphatic rings. The van der Waals surface area contributed by atoms with E-state index in [0.717, 1.165) is 11.1 Å². The number of aromatic carboxylic acids is 1. The van der Waals surface area contributed by atoms with Crippen LogP contribution >= 0.6 is 23.2 Å². The number of carboxylic acid groups (broad SMARTS) is 1. The lowest BCUT2D eigenvalue weighted by atomic mass is 10.0. The summed E-state index contributed by atoms with van der Waals surface area (Å²) in [6.07, 6.45) is 0.153. The first kappa shape index (κ1) is 23.0. The van der Waals surface area contributed by atoms with Crippen molar-refractivity contribution in [3.63, 3.8) is 0 Å². The largest absolute Gasteiger partial charge is 0.478 e. The molecular formula is C23H22Cl2F2N2O3. The van der Waals surface area contributed by atoms with Gasteiger partial charge in [0.2, 0.25) is 5.91 Å². The third-order valence-electron chi connectivity index (χ3n) is 6.19. The molecule has 9 heteroatoms. The number of piperidine rings is 1. The number of likely N-dealkylation sites (tertiary alicyclic amines) is 2. The van der Waals surface area contributed by atoms with E-state index in [1.165, 1.54) is 12.1 Å². The molecular weight excluding hydrogens is 461 g/mol. The van der Waals surface area contributed by atoms with Gasteiger partial charge in [0.05, 0.1) is 11.6 Å². The van der Waals surface area contributed by atoms with Gasteiger partial charge in [0.1, 0.15) is 0 Å². The average molecular weight is 483 g/mol. The number of amides is 1. The van der Waals surface area contributed by atoms with Crippen LogP contribution in [0.4, 0.5) is 8.78 Å². The number of alkyl halides is 2. The number of benzene rings is 2. The van der Waals surface area contributed by atoms with Crippen LogP contribution in [-0.2, 0) is 11.3 Å². The molecule has 0 aliphatic carbocycles. The van der Waals surface area contributed by atoms with Gasteiger partial charge in [-0.05, 0) is 41.8 Å². The van der Waals surface area contributed by atoms with Gasteiger partial charge in [0.15, 0.2) is 0 Å². The van der Waals surface area contributed by atoms with E-state index in [1.807, 2.05) is 4.90 Å². The normalized spacial score (nSPS) is 21.2. The third-order valence-corrected chi connectivity index (χ3v) is 6.87. The van der Waals surface area contributed by atoms with Crippen molar-refractivity contribution in [1.29, 1.82) is 0 Å². The molecule has 2 saturated heterocycles. The van der Waals surface area contributed by atoms with E-state index in [4.69, 9.17) is 28.3 Å². The fraction of sp³-hybridized carbons (Fsp3) is 0.391. The lowest BCUT2D eigenvalue weighted by Crippen LogP contribution is -2.48. The molecule has 1 amide bonds. The van der Waals surface area contributed by atoms with Crippen molar-refractivity contribution in [2.75, 3.05) is 19.6 Å². The Morgan fingerprint density at radius 3 is 2.19 bits per heavy atom. The smallest absolute Gasteiger partial charge is 0.335 e. The van der Waals surface area contributed by atoms with Crippen LogP contribution in [0.25, 0.3) is 11.1 Å². The number of hydrogen-bond donors (Lipinski definition) is 1. The van der Waals surface area contributed by atoms with E-state index in [9.17, 15) is 18.4 Å². The van der Waals surface area contributed by atoms with Gasteiger partial charge in [-0.1, -0.05) is 35.3 Å². The molecule has 2 aliphatic heterocycles. The van der Waals surface area contributed by atoms with E-state index >= 15 is 0 Å². The second-order valence-corrected chi connectivity index (χ2v) is 9.07. The summed E-state index contributed by atoms with van der Waals surface area (Å²) < 4.78 is 26.9. The maximum atomic E-state index is 13.4. The molecule has 32 heavy (non-hydrogen) atoms. The standard InChI is InChI=1S/C23H22Cl2F2N2O3/c24-18-11-16(14-1-3-15(4-2-14)22(31)32)12-19(25)17(18)13-29-8-5-20(21(29)30)28-9-6-23(26,27)7-10-28/h1-4,11-12,20H,5-10,13H2,(H,31,32). The van der Waals surface area contributed by atoms with Crippen molar-refractivity contribution in [3.8, 4) is 11.1 Å². The molecule has 2 aromatic rings. The summed E-state index contributed by atoms with van der Waals surface area (Å²) in [4.78, 5) is 27.5. The molecule has 0 aromatic heterocycles. The average Bonchev–Trinajstić information content (AvgIpc) is 3.11. The van der Waals surface area contributed by atoms with Gasteiger partial charge in [-0.2, -0.15) is 0 Å². The minimum Gasteiger partial charge on any atom is -0.478 e. The van der Waals surface area contributed by atoms with Gasteiger partial charge in [0.25, 0.3) is 5.92 Å². The molecule has 1 N–H and O–H groups in total. The highest BCUT2D eigenvalue weighted by Gasteiger charge is 2.41. The first-order valence-corrected chi connectivity index (χ1v) is 11.1. The SMILES string of the molecule is O=C(O)c1ccc(-c2cc(Cl)c(CN3CCC(N4CCC(F)(F)CC4)C3=O)c(Cl)c2)cc1. The zero-order valence-corrected chi connectivity index (χ0v) is 18.7. The second kappa shape index (κ2) is 8.96. The van der Waals surface area contributed by atoms with Crippen molar-refractivity contribution in [3.05, 3.63) is 57.6 Å². The fourth-order valence-corrected chi connectivity index (χ4v) is 4.90. The summed E-state index contributed by atoms with van der Waals surface area (Å²) in [6, 6.07) is 9.48. The zero-order valence-electron chi connectivity index (χ0n) is 17.2. The minimum atomic E-state index is -2.64. The first-order chi connectivity index (χ1) is 15.1. The van der Waals surface area contributed by atoms with Gasteiger partial charge in [-0.25, -0.2) is 13.6 Å². The van der Waals surface area contributed by atoms with E-state index in [-0.39, 0.29) is 50.0 Å². The van der Waals surface area contributed by atoms with Gasteiger partial charge in [-0.15, -0.1) is 0 Å². The number of carbonyl (C=O) groups is 2. The molecule has 2 aromatic carbocycles. The lowest BCUT2D eigenvalue weighted by molar-refractivity contribution is -0.135. The van der Waals surface area contributed by atoms with Crippen molar-refractivity contribution < 1.29 is 23.5 Å². The predicted molar refractivity (Wildman–Crippen MR) is 118 cm³/mol. The maximum absolute atomic E-state index is 13.4. The number of halogens is 4. The molecule has 0 saturated carbocycles. The summed E-state index contributed by atoms with van der Waals surface area (Å²) in [7, 11) is 0. The van der Waals surface area contributed by atoms with E-state index in [1.54, 1.807) is 29.2 Å². The Labute approximate surface area is 194 Å². The summed E-state index contributed by atoms with van der Waals surface area (Å²) in [5.74, 6) is -3.74. The van der Waals surface area contributed by atoms with Crippen LogP contribution in [0, 0.1) is 0 Å². The summed E-state index contributed by atoms with van der Waals surface area (Å²) in [5.41, 5.74) is 2.31. The number of carbonyl (C=O) groups excluding carboxylic acids is 1. The van der Waals surface area contributed by atoms with E-state index in [0.29, 0.717) is 28.6 Å². The van der Waals surface area contributed by atoms with Crippen molar-refractivity contribution in [2.45, 2.75) is 37.8 Å². The van der Waals surface area contributed by atoms with Crippen LogP contribution in [0.15, 0.2) is 36.4 Å². The second-order valence-electron chi connectivity index (χ2n) is 8.26. The van der Waals surface area contributed by atoms with Gasteiger partial charge < -0.3 is 10.0 Å². The Morgan fingerprint density at radius 1 is 1.03 bits per heavy atom. The maximum Gasteiger partial charge on any atom is 0.335 e. The van der Waals surface area contributed by atoms with Gasteiger partial charge in [-0.3, -0.25) is 9.69 Å². The van der Waals surface area contributed by atoms with Crippen LogP contribution in [0.1, 0.15) is 35.2 Å². The van der Waals surface area contributed by atoms with E-state index in [2.05, 4.69) is 0 Å². The molecule has 5 nitrogen and oxygen atoms in total. The number of hydrogen-bond acceptors (Lipinski definition) is 3. The Kier molecular flexibility index (Phi) is 6.43. The molecule has 0 bridgehead atoms. The molecule has 170 valence electrons. The molecule has 2 fully saturated rings. The summed E-state index contributed by atoms with van der Waals surface area (Å²) >= 11 is 13.0. The third kappa shape index (κ3) is 4.75. The molecule has 0 radical (unpaired) electrons. The fourth-order valence-electron chi connectivity index (χ4n) is 4.30. The number of nitrogens with zero attached hydrogens (tertiary/aromatic N) is 2. The zero-order chi connectivity index (χ0) is 23.0. The highest BCUT2D eigenvalue weighted by molar-refractivity contribution is 6.36. The molecule has 2 heterocycles. The quantitative estimate of drug-likeness (QED) is 0.636. The Hall–Kier alpha value is -2.22.